The molecule has 47 heavy (non-hydrogen) atoms. The number of aryl methyl sites for hydroxylation is 2. The molecule has 1 saturated heterocycles. The summed E-state index contributed by atoms with van der Waals surface area (Å²) in [6.07, 6.45) is 3.91. The van der Waals surface area contributed by atoms with Crippen LogP contribution in [0.25, 0.3) is 11.3 Å². The lowest BCUT2D eigenvalue weighted by atomic mass is 9.95. The molecule has 0 spiro atoms. The van der Waals surface area contributed by atoms with Crippen LogP contribution in [0.2, 0.25) is 0 Å². The number of carbonyl (C=O) groups is 1. The molecule has 2 aromatic carbocycles. The van der Waals surface area contributed by atoms with Crippen LogP contribution in [0, 0.1) is 11.6 Å². The number of benzene rings is 2. The van der Waals surface area contributed by atoms with Crippen LogP contribution in [0.3, 0.4) is 0 Å². The maximum Gasteiger partial charge on any atom is 0.246 e. The van der Waals surface area contributed by atoms with Gasteiger partial charge < -0.3 is 14.5 Å². The van der Waals surface area contributed by atoms with Crippen molar-refractivity contribution in [1.29, 1.82) is 0 Å². The summed E-state index contributed by atoms with van der Waals surface area (Å²) in [6.45, 7) is 9.68. The molecule has 10 nitrogen and oxygen atoms in total. The smallest absolute Gasteiger partial charge is 0.246 e. The molecule has 1 fully saturated rings. The Bertz CT molecular complexity index is 1960. The van der Waals surface area contributed by atoms with Gasteiger partial charge in [-0.25, -0.2) is 18.8 Å². The lowest BCUT2D eigenvalue weighted by Crippen LogP contribution is -2.57. The summed E-state index contributed by atoms with van der Waals surface area (Å²) in [5.41, 5.74) is 4.66. The van der Waals surface area contributed by atoms with Crippen molar-refractivity contribution in [3.05, 3.63) is 101 Å². The van der Waals surface area contributed by atoms with E-state index in [-0.39, 0.29) is 35.7 Å². The highest BCUT2D eigenvalue weighted by Crippen LogP contribution is 2.47. The molecule has 2 unspecified atom stereocenters. The number of aliphatic imine (C=N–C) groups is 1. The molecule has 0 aliphatic carbocycles. The van der Waals surface area contributed by atoms with E-state index in [2.05, 4.69) is 27.9 Å². The van der Waals surface area contributed by atoms with Crippen LogP contribution >= 0.6 is 0 Å². The van der Waals surface area contributed by atoms with E-state index in [0.29, 0.717) is 54.7 Å². The SMILES string of the molecule is C=CC(=O)N1CCN(C2=NC3OC(C)c4cccc5c4N3c3nc(c(F)cc32)-c2c(F)cccc2Cc2cn(nn2)CCC5)[C@@H](C)C1. The standard InChI is InChI=1S/C35H34F2N8O2/c1-4-29(46)42-14-15-44(20(2)18-42)33-26-17-28(37)31-30-23(9-6-12-27(30)36)16-24-19-43(41-40-24)13-7-10-22-8-5-11-25-21(3)47-35(39-33)45(32(22)25)34(26)38-31/h4-6,8-9,11-12,17,19-21,35H,1,7,10,13-16,18H2,2-3H3/t20-,21?,35?/m0/s1. The number of rotatable bonds is 1. The first-order valence-corrected chi connectivity index (χ1v) is 16.0. The fourth-order valence-corrected chi connectivity index (χ4v) is 7.30. The molecule has 4 aliphatic rings. The number of hydrogen-bond acceptors (Lipinski definition) is 8. The topological polar surface area (TPSA) is 92.0 Å². The number of amides is 1. The second-order valence-corrected chi connectivity index (χ2v) is 12.5. The number of carbonyl (C=O) groups excluding carboxylic acids is 1. The van der Waals surface area contributed by atoms with Crippen LogP contribution in [-0.2, 0) is 28.9 Å². The number of pyridine rings is 1. The van der Waals surface area contributed by atoms with Crippen molar-refractivity contribution in [1.82, 2.24) is 29.8 Å². The van der Waals surface area contributed by atoms with E-state index in [0.717, 1.165) is 29.7 Å². The third kappa shape index (κ3) is 4.89. The molecule has 0 saturated carbocycles. The number of piperazine rings is 1. The predicted molar refractivity (Wildman–Crippen MR) is 172 cm³/mol. The van der Waals surface area contributed by atoms with Gasteiger partial charge in [0.1, 0.15) is 29.0 Å². The van der Waals surface area contributed by atoms with E-state index in [1.165, 1.54) is 18.2 Å². The molecule has 4 bridgehead atoms. The van der Waals surface area contributed by atoms with E-state index in [9.17, 15) is 4.79 Å². The molecule has 4 aromatic rings. The molecular weight excluding hydrogens is 602 g/mol. The number of ether oxygens (including phenoxy) is 1. The van der Waals surface area contributed by atoms with Crippen LogP contribution in [-0.4, -0.2) is 73.5 Å². The van der Waals surface area contributed by atoms with Crippen LogP contribution in [0.1, 0.15) is 54.3 Å². The molecule has 12 heteroatoms. The number of aromatic nitrogens is 4. The van der Waals surface area contributed by atoms with Crippen LogP contribution in [0.5, 0.6) is 0 Å². The third-order valence-corrected chi connectivity index (χ3v) is 9.55. The first-order chi connectivity index (χ1) is 22.8. The highest BCUT2D eigenvalue weighted by molar-refractivity contribution is 6.06. The van der Waals surface area contributed by atoms with Crippen molar-refractivity contribution in [3.63, 3.8) is 0 Å². The Hall–Kier alpha value is -4.97. The Labute approximate surface area is 271 Å². The zero-order valence-electron chi connectivity index (χ0n) is 26.2. The maximum absolute atomic E-state index is 16.5. The van der Waals surface area contributed by atoms with Crippen LogP contribution in [0.4, 0.5) is 20.3 Å². The minimum atomic E-state index is -0.791. The van der Waals surface area contributed by atoms with Crippen LogP contribution in [0.15, 0.2) is 66.3 Å². The van der Waals surface area contributed by atoms with E-state index >= 15 is 8.78 Å². The normalized spacial score (nSPS) is 21.7. The van der Waals surface area contributed by atoms with Crippen molar-refractivity contribution < 1.29 is 18.3 Å². The number of para-hydroxylation sites is 1. The third-order valence-electron chi connectivity index (χ3n) is 9.55. The highest BCUT2D eigenvalue weighted by Gasteiger charge is 2.42. The molecular formula is C35H34F2N8O2. The van der Waals surface area contributed by atoms with Gasteiger partial charge in [0.15, 0.2) is 0 Å². The van der Waals surface area contributed by atoms with Crippen molar-refractivity contribution in [2.45, 2.75) is 58.2 Å². The summed E-state index contributed by atoms with van der Waals surface area (Å²) in [7, 11) is 0. The van der Waals surface area contributed by atoms with Crippen molar-refractivity contribution >= 4 is 23.2 Å². The summed E-state index contributed by atoms with van der Waals surface area (Å²) in [4.78, 5) is 28.3. The Morgan fingerprint density at radius 2 is 1.89 bits per heavy atom. The van der Waals surface area contributed by atoms with Gasteiger partial charge >= 0.3 is 0 Å². The minimum Gasteiger partial charge on any atom is -0.350 e. The molecule has 2 aromatic heterocycles. The van der Waals surface area contributed by atoms with E-state index < -0.39 is 18.0 Å². The summed E-state index contributed by atoms with van der Waals surface area (Å²) < 4.78 is 40.7. The molecule has 1 amide bonds. The second kappa shape index (κ2) is 11.4. The molecule has 4 aliphatic heterocycles. The van der Waals surface area contributed by atoms with Gasteiger partial charge in [-0.1, -0.05) is 42.1 Å². The fraction of sp³-hybridized carbons (Fsp3) is 0.343. The Morgan fingerprint density at radius 1 is 1.06 bits per heavy atom. The summed E-state index contributed by atoms with van der Waals surface area (Å²) in [5, 5.41) is 8.64. The van der Waals surface area contributed by atoms with Gasteiger partial charge in [0.05, 0.1) is 23.0 Å². The zero-order valence-corrected chi connectivity index (χ0v) is 26.2. The summed E-state index contributed by atoms with van der Waals surface area (Å²) in [6, 6.07) is 12.2. The zero-order chi connectivity index (χ0) is 32.4. The lowest BCUT2D eigenvalue weighted by molar-refractivity contribution is -0.128. The Balaban J connectivity index is 1.35. The van der Waals surface area contributed by atoms with Crippen molar-refractivity contribution in [2.75, 3.05) is 24.5 Å². The van der Waals surface area contributed by atoms with E-state index in [1.807, 2.05) is 37.1 Å². The van der Waals surface area contributed by atoms with Gasteiger partial charge in [-0.2, -0.15) is 0 Å². The van der Waals surface area contributed by atoms with Gasteiger partial charge in [0.2, 0.25) is 12.3 Å². The van der Waals surface area contributed by atoms with Crippen LogP contribution < -0.4 is 4.90 Å². The predicted octanol–water partition coefficient (Wildman–Crippen LogP) is 5.15. The van der Waals surface area contributed by atoms with Gasteiger partial charge in [-0.15, -0.1) is 5.10 Å². The van der Waals surface area contributed by atoms with Crippen molar-refractivity contribution in [2.24, 2.45) is 4.99 Å². The average molecular weight is 637 g/mol. The number of nitrogens with zero attached hydrogens (tertiary/aromatic N) is 8. The molecule has 0 N–H and O–H groups in total. The van der Waals surface area contributed by atoms with Gasteiger partial charge in [-0.3, -0.25) is 14.4 Å². The molecule has 240 valence electrons. The second-order valence-electron chi connectivity index (χ2n) is 12.5. The largest absolute Gasteiger partial charge is 0.350 e. The first kappa shape index (κ1) is 29.4. The van der Waals surface area contributed by atoms with Gasteiger partial charge in [-0.05, 0) is 56.0 Å². The number of amidine groups is 1. The monoisotopic (exact) mass is 636 g/mol. The number of hydrogen-bond donors (Lipinski definition) is 0. The fourth-order valence-electron chi connectivity index (χ4n) is 7.30. The highest BCUT2D eigenvalue weighted by atomic mass is 19.1. The lowest BCUT2D eigenvalue weighted by Gasteiger charge is -2.47. The number of anilines is 2. The quantitative estimate of drug-likeness (QED) is 0.267. The number of halogens is 2. The van der Waals surface area contributed by atoms with Crippen molar-refractivity contribution in [3.8, 4) is 11.3 Å². The summed E-state index contributed by atoms with van der Waals surface area (Å²) >= 11 is 0. The average Bonchev–Trinajstić information content (AvgIpc) is 3.50. The molecule has 8 rings (SSSR count). The Morgan fingerprint density at radius 3 is 2.72 bits per heavy atom. The van der Waals surface area contributed by atoms with E-state index in [4.69, 9.17) is 14.7 Å². The minimum absolute atomic E-state index is 0.0857. The maximum atomic E-state index is 16.5. The Kier molecular flexibility index (Phi) is 7.12. The summed E-state index contributed by atoms with van der Waals surface area (Å²) in [5.74, 6) is -0.392. The van der Waals surface area contributed by atoms with Gasteiger partial charge in [0.25, 0.3) is 0 Å². The molecule has 0 radical (unpaired) electrons. The first-order valence-electron chi connectivity index (χ1n) is 16.0. The van der Waals surface area contributed by atoms with Gasteiger partial charge in [0, 0.05) is 56.0 Å². The van der Waals surface area contributed by atoms with E-state index in [1.54, 1.807) is 21.7 Å². The molecule has 6 heterocycles. The number of fused-ring (bicyclic) bond motifs is 5. The molecule has 3 atom stereocenters.